The molecular formula is C10H11BrClNO2. The van der Waals surface area contributed by atoms with Crippen LogP contribution in [0.3, 0.4) is 0 Å². The van der Waals surface area contributed by atoms with E-state index in [1.807, 2.05) is 0 Å². The highest BCUT2D eigenvalue weighted by Gasteiger charge is 2.21. The summed E-state index contributed by atoms with van der Waals surface area (Å²) in [6.07, 6.45) is 0. The first-order chi connectivity index (χ1) is 7.10. The number of halogens is 2. The minimum atomic E-state index is -0.485. The molecule has 0 aliphatic heterocycles. The van der Waals surface area contributed by atoms with Gasteiger partial charge in [0.05, 0.1) is 7.11 Å². The van der Waals surface area contributed by atoms with Crippen molar-refractivity contribution in [2.24, 2.45) is 0 Å². The van der Waals surface area contributed by atoms with Gasteiger partial charge in [0.15, 0.2) is 0 Å². The minimum Gasteiger partial charge on any atom is -0.468 e. The number of esters is 1. The van der Waals surface area contributed by atoms with Gasteiger partial charge < -0.3 is 10.1 Å². The average Bonchev–Trinajstić information content (AvgIpc) is 2.21. The Labute approximate surface area is 102 Å². The first kappa shape index (κ1) is 12.5. The van der Waals surface area contributed by atoms with Crippen LogP contribution in [-0.4, -0.2) is 20.1 Å². The SMILES string of the molecule is CNC(C(=O)OC)c1ccc(Cl)cc1Br. The Morgan fingerprint density at radius 2 is 2.27 bits per heavy atom. The molecule has 0 saturated carbocycles. The average molecular weight is 293 g/mol. The van der Waals surface area contributed by atoms with Crippen molar-refractivity contribution in [1.29, 1.82) is 0 Å². The summed E-state index contributed by atoms with van der Waals surface area (Å²) in [4.78, 5) is 11.4. The highest BCUT2D eigenvalue weighted by Crippen LogP contribution is 2.27. The molecule has 0 bridgehead atoms. The van der Waals surface area contributed by atoms with Crippen molar-refractivity contribution in [3.05, 3.63) is 33.3 Å². The Bertz CT molecular complexity index is 370. The topological polar surface area (TPSA) is 38.3 Å². The molecule has 1 unspecified atom stereocenters. The molecule has 0 fully saturated rings. The monoisotopic (exact) mass is 291 g/mol. The van der Waals surface area contributed by atoms with Gasteiger partial charge in [0.2, 0.25) is 0 Å². The molecule has 0 amide bonds. The van der Waals surface area contributed by atoms with Crippen LogP contribution in [0.4, 0.5) is 0 Å². The van der Waals surface area contributed by atoms with Crippen LogP contribution in [0, 0.1) is 0 Å². The zero-order valence-corrected chi connectivity index (χ0v) is 10.7. The van der Waals surface area contributed by atoms with Crippen molar-refractivity contribution in [1.82, 2.24) is 5.32 Å². The van der Waals surface area contributed by atoms with Gasteiger partial charge in [-0.05, 0) is 24.7 Å². The molecule has 1 atom stereocenters. The summed E-state index contributed by atoms with van der Waals surface area (Å²) in [5.74, 6) is -0.333. The number of rotatable bonds is 3. The van der Waals surface area contributed by atoms with E-state index in [0.717, 1.165) is 10.0 Å². The van der Waals surface area contributed by atoms with Crippen LogP contribution in [0.15, 0.2) is 22.7 Å². The fraction of sp³-hybridized carbons (Fsp3) is 0.300. The summed E-state index contributed by atoms with van der Waals surface area (Å²) in [5, 5.41) is 3.50. The molecule has 0 aliphatic carbocycles. The molecule has 1 N–H and O–H groups in total. The van der Waals surface area contributed by atoms with Crippen molar-refractivity contribution in [3.8, 4) is 0 Å². The van der Waals surface area contributed by atoms with E-state index in [4.69, 9.17) is 11.6 Å². The highest BCUT2D eigenvalue weighted by molar-refractivity contribution is 9.10. The predicted octanol–water partition coefficient (Wildman–Crippen LogP) is 2.54. The highest BCUT2D eigenvalue weighted by atomic mass is 79.9. The van der Waals surface area contributed by atoms with Gasteiger partial charge in [0.25, 0.3) is 0 Å². The van der Waals surface area contributed by atoms with Gasteiger partial charge in [-0.1, -0.05) is 33.6 Å². The fourth-order valence-electron chi connectivity index (χ4n) is 1.25. The third-order valence-electron chi connectivity index (χ3n) is 2.00. The maximum absolute atomic E-state index is 11.4. The number of hydrogen-bond acceptors (Lipinski definition) is 3. The van der Waals surface area contributed by atoms with Gasteiger partial charge in [-0.2, -0.15) is 0 Å². The summed E-state index contributed by atoms with van der Waals surface area (Å²) in [6, 6.07) is 4.77. The molecule has 0 aromatic heterocycles. The molecule has 0 radical (unpaired) electrons. The molecule has 5 heteroatoms. The molecule has 0 aliphatic rings. The zero-order valence-electron chi connectivity index (χ0n) is 8.38. The molecular weight excluding hydrogens is 281 g/mol. The number of ether oxygens (including phenoxy) is 1. The first-order valence-electron chi connectivity index (χ1n) is 4.30. The number of hydrogen-bond donors (Lipinski definition) is 1. The second-order valence-electron chi connectivity index (χ2n) is 2.91. The standard InChI is InChI=1S/C10H11BrClNO2/c1-13-9(10(14)15-2)7-4-3-6(12)5-8(7)11/h3-5,9,13H,1-2H3. The van der Waals surface area contributed by atoms with E-state index in [-0.39, 0.29) is 5.97 Å². The van der Waals surface area contributed by atoms with Crippen LogP contribution in [0.1, 0.15) is 11.6 Å². The molecule has 1 rings (SSSR count). The van der Waals surface area contributed by atoms with E-state index >= 15 is 0 Å². The van der Waals surface area contributed by atoms with E-state index in [2.05, 4.69) is 26.0 Å². The summed E-state index contributed by atoms with van der Waals surface area (Å²) in [7, 11) is 3.05. The van der Waals surface area contributed by atoms with Crippen LogP contribution < -0.4 is 5.32 Å². The van der Waals surface area contributed by atoms with E-state index < -0.39 is 6.04 Å². The summed E-state index contributed by atoms with van der Waals surface area (Å²) >= 11 is 9.17. The van der Waals surface area contributed by atoms with Gasteiger partial charge in [-0.15, -0.1) is 0 Å². The van der Waals surface area contributed by atoms with Crippen LogP contribution in [0.2, 0.25) is 5.02 Å². The van der Waals surface area contributed by atoms with E-state index in [1.54, 1.807) is 25.2 Å². The number of carbonyl (C=O) groups is 1. The van der Waals surface area contributed by atoms with E-state index in [9.17, 15) is 4.79 Å². The molecule has 1 aromatic carbocycles. The maximum atomic E-state index is 11.4. The predicted molar refractivity (Wildman–Crippen MR) is 63.0 cm³/mol. The number of benzene rings is 1. The van der Waals surface area contributed by atoms with Crippen molar-refractivity contribution in [2.75, 3.05) is 14.2 Å². The van der Waals surface area contributed by atoms with Crippen molar-refractivity contribution >= 4 is 33.5 Å². The Balaban J connectivity index is 3.07. The Kier molecular flexibility index (Phi) is 4.57. The third-order valence-corrected chi connectivity index (χ3v) is 2.92. The Morgan fingerprint density at radius 3 is 2.73 bits per heavy atom. The zero-order chi connectivity index (χ0) is 11.4. The normalized spacial score (nSPS) is 12.3. The number of nitrogens with one attached hydrogen (secondary N) is 1. The van der Waals surface area contributed by atoms with Gasteiger partial charge in [-0.25, -0.2) is 4.79 Å². The fourth-order valence-corrected chi connectivity index (χ4v) is 2.17. The summed E-state index contributed by atoms with van der Waals surface area (Å²) < 4.78 is 5.47. The molecule has 3 nitrogen and oxygen atoms in total. The van der Waals surface area contributed by atoms with Crippen molar-refractivity contribution in [2.45, 2.75) is 6.04 Å². The van der Waals surface area contributed by atoms with Gasteiger partial charge in [-0.3, -0.25) is 0 Å². The number of likely N-dealkylation sites (N-methyl/N-ethyl adjacent to an activating group) is 1. The summed E-state index contributed by atoms with van der Waals surface area (Å²) in [5.41, 5.74) is 0.800. The molecule has 0 spiro atoms. The smallest absolute Gasteiger partial charge is 0.327 e. The van der Waals surface area contributed by atoms with E-state index in [0.29, 0.717) is 5.02 Å². The lowest BCUT2D eigenvalue weighted by Gasteiger charge is -2.15. The Morgan fingerprint density at radius 1 is 1.60 bits per heavy atom. The molecule has 15 heavy (non-hydrogen) atoms. The number of carbonyl (C=O) groups excluding carboxylic acids is 1. The lowest BCUT2D eigenvalue weighted by Crippen LogP contribution is -2.26. The third kappa shape index (κ3) is 2.93. The maximum Gasteiger partial charge on any atom is 0.327 e. The van der Waals surface area contributed by atoms with Crippen molar-refractivity contribution in [3.63, 3.8) is 0 Å². The summed E-state index contributed by atoms with van der Waals surface area (Å²) in [6.45, 7) is 0. The van der Waals surface area contributed by atoms with Gasteiger partial charge in [0.1, 0.15) is 6.04 Å². The molecule has 0 heterocycles. The second-order valence-corrected chi connectivity index (χ2v) is 4.20. The lowest BCUT2D eigenvalue weighted by molar-refractivity contribution is -0.143. The van der Waals surface area contributed by atoms with Crippen LogP contribution in [0.25, 0.3) is 0 Å². The quantitative estimate of drug-likeness (QED) is 0.870. The second kappa shape index (κ2) is 5.49. The largest absolute Gasteiger partial charge is 0.468 e. The number of methoxy groups -OCH3 is 1. The Hall–Kier alpha value is -0.580. The van der Waals surface area contributed by atoms with E-state index in [1.165, 1.54) is 7.11 Å². The molecule has 0 saturated heterocycles. The van der Waals surface area contributed by atoms with Crippen LogP contribution >= 0.6 is 27.5 Å². The van der Waals surface area contributed by atoms with Gasteiger partial charge in [0, 0.05) is 9.50 Å². The van der Waals surface area contributed by atoms with Crippen LogP contribution in [0.5, 0.6) is 0 Å². The van der Waals surface area contributed by atoms with Crippen molar-refractivity contribution < 1.29 is 9.53 Å². The van der Waals surface area contributed by atoms with Crippen LogP contribution in [-0.2, 0) is 9.53 Å². The molecule has 1 aromatic rings. The first-order valence-corrected chi connectivity index (χ1v) is 5.47. The lowest BCUT2D eigenvalue weighted by atomic mass is 10.1. The molecule has 82 valence electrons. The van der Waals surface area contributed by atoms with Gasteiger partial charge >= 0.3 is 5.97 Å². The minimum absolute atomic E-state index is 0.333.